The van der Waals surface area contributed by atoms with Gasteiger partial charge in [-0.2, -0.15) is 0 Å². The number of imide groups is 1. The number of nitrogens with one attached hydrogen (secondary N) is 2. The molecule has 80 valence electrons. The van der Waals surface area contributed by atoms with Crippen molar-refractivity contribution in [2.24, 2.45) is 0 Å². The van der Waals surface area contributed by atoms with Gasteiger partial charge in [0.2, 0.25) is 5.91 Å². The molecular formula is C7H12ClN3O3. The van der Waals surface area contributed by atoms with Crippen LogP contribution >= 0.6 is 11.6 Å². The third kappa shape index (κ3) is 3.91. The summed E-state index contributed by atoms with van der Waals surface area (Å²) in [6, 6.07) is 0. The number of amides is 2. The van der Waals surface area contributed by atoms with Crippen LogP contribution in [0.1, 0.15) is 0 Å². The largest absolute Gasteiger partial charge is 0.433 e. The van der Waals surface area contributed by atoms with Crippen molar-refractivity contribution >= 4 is 23.6 Å². The van der Waals surface area contributed by atoms with E-state index in [2.05, 4.69) is 5.32 Å². The lowest BCUT2D eigenvalue weighted by atomic mass is 10.4. The van der Waals surface area contributed by atoms with Gasteiger partial charge in [0.1, 0.15) is 5.88 Å². The van der Waals surface area contributed by atoms with Gasteiger partial charge >= 0.3 is 6.09 Å². The zero-order valence-corrected chi connectivity index (χ0v) is 8.34. The number of carbonyl (C=O) groups excluding carboxylic acids is 2. The van der Waals surface area contributed by atoms with E-state index in [9.17, 15) is 9.59 Å². The first kappa shape index (κ1) is 11.2. The molecule has 14 heavy (non-hydrogen) atoms. The third-order valence-electron chi connectivity index (χ3n) is 1.65. The van der Waals surface area contributed by atoms with Gasteiger partial charge in [-0.3, -0.25) is 10.1 Å². The van der Waals surface area contributed by atoms with Crippen LogP contribution in [0.3, 0.4) is 0 Å². The topological polar surface area (TPSA) is 70.7 Å². The van der Waals surface area contributed by atoms with Crippen molar-refractivity contribution in [2.75, 3.05) is 32.1 Å². The summed E-state index contributed by atoms with van der Waals surface area (Å²) < 4.78 is 0. The molecule has 0 bridgehead atoms. The zero-order valence-electron chi connectivity index (χ0n) is 7.59. The summed E-state index contributed by atoms with van der Waals surface area (Å²) in [4.78, 5) is 26.5. The van der Waals surface area contributed by atoms with Gasteiger partial charge in [-0.05, 0) is 0 Å². The SMILES string of the molecule is O=C(CCl)NC(=O)ON1CCNCC1. The van der Waals surface area contributed by atoms with E-state index in [0.717, 1.165) is 13.1 Å². The molecule has 1 rings (SSSR count). The second-order valence-corrected chi connectivity index (χ2v) is 3.01. The Hall–Kier alpha value is -0.850. The number of rotatable bonds is 2. The summed E-state index contributed by atoms with van der Waals surface area (Å²) >= 11 is 5.20. The lowest BCUT2D eigenvalue weighted by Crippen LogP contribution is -2.46. The fourth-order valence-electron chi connectivity index (χ4n) is 1.02. The first-order valence-electron chi connectivity index (χ1n) is 4.26. The molecule has 6 nitrogen and oxygen atoms in total. The van der Waals surface area contributed by atoms with Gasteiger partial charge in [-0.1, -0.05) is 0 Å². The van der Waals surface area contributed by atoms with Crippen LogP contribution in [0.15, 0.2) is 0 Å². The van der Waals surface area contributed by atoms with Crippen molar-refractivity contribution in [3.63, 3.8) is 0 Å². The Kier molecular flexibility index (Phi) is 4.64. The monoisotopic (exact) mass is 221 g/mol. The van der Waals surface area contributed by atoms with Crippen LogP contribution < -0.4 is 10.6 Å². The molecule has 1 heterocycles. The highest BCUT2D eigenvalue weighted by atomic mass is 35.5. The maximum Gasteiger partial charge on any atom is 0.433 e. The van der Waals surface area contributed by atoms with Crippen molar-refractivity contribution in [1.29, 1.82) is 0 Å². The molecule has 2 amide bonds. The lowest BCUT2D eigenvalue weighted by molar-refractivity contribution is -0.124. The highest BCUT2D eigenvalue weighted by molar-refractivity contribution is 6.28. The van der Waals surface area contributed by atoms with Crippen molar-refractivity contribution in [3.05, 3.63) is 0 Å². The summed E-state index contributed by atoms with van der Waals surface area (Å²) in [6.45, 7) is 2.75. The standard InChI is InChI=1S/C7H12ClN3O3/c8-5-6(12)10-7(13)14-11-3-1-9-2-4-11/h9H,1-5H2,(H,10,12,13). The summed E-state index contributed by atoms with van der Waals surface area (Å²) in [6.07, 6.45) is -0.780. The van der Waals surface area contributed by atoms with Crippen LogP contribution in [0.5, 0.6) is 0 Å². The van der Waals surface area contributed by atoms with Crippen molar-refractivity contribution in [2.45, 2.75) is 0 Å². The van der Waals surface area contributed by atoms with Crippen LogP contribution in [0.2, 0.25) is 0 Å². The van der Waals surface area contributed by atoms with E-state index < -0.39 is 12.0 Å². The number of halogens is 1. The number of piperazine rings is 1. The van der Waals surface area contributed by atoms with E-state index in [0.29, 0.717) is 13.1 Å². The first-order valence-corrected chi connectivity index (χ1v) is 4.79. The highest BCUT2D eigenvalue weighted by Crippen LogP contribution is 1.93. The van der Waals surface area contributed by atoms with Gasteiger partial charge in [-0.15, -0.1) is 16.7 Å². The maximum absolute atomic E-state index is 11.0. The lowest BCUT2D eigenvalue weighted by Gasteiger charge is -2.25. The smallest absolute Gasteiger partial charge is 0.351 e. The van der Waals surface area contributed by atoms with Crippen LogP contribution in [0.4, 0.5) is 4.79 Å². The van der Waals surface area contributed by atoms with Crippen LogP contribution in [-0.4, -0.2) is 49.1 Å². The minimum atomic E-state index is -0.780. The Morgan fingerprint density at radius 2 is 2.07 bits per heavy atom. The molecular weight excluding hydrogens is 210 g/mol. The highest BCUT2D eigenvalue weighted by Gasteiger charge is 2.15. The van der Waals surface area contributed by atoms with Crippen LogP contribution in [0.25, 0.3) is 0 Å². The van der Waals surface area contributed by atoms with Gasteiger partial charge < -0.3 is 10.2 Å². The summed E-state index contributed by atoms with van der Waals surface area (Å²) in [7, 11) is 0. The first-order chi connectivity index (χ1) is 6.72. The van der Waals surface area contributed by atoms with E-state index in [1.165, 1.54) is 5.06 Å². The fraction of sp³-hybridized carbons (Fsp3) is 0.714. The van der Waals surface area contributed by atoms with E-state index in [1.54, 1.807) is 0 Å². The molecule has 1 aliphatic heterocycles. The van der Waals surface area contributed by atoms with Crippen LogP contribution in [-0.2, 0) is 9.63 Å². The minimum absolute atomic E-state index is 0.253. The molecule has 0 aliphatic carbocycles. The molecule has 7 heteroatoms. The van der Waals surface area contributed by atoms with Gasteiger partial charge in [0.25, 0.3) is 0 Å². The Labute approximate surface area is 86.5 Å². The quantitative estimate of drug-likeness (QED) is 0.604. The zero-order chi connectivity index (χ0) is 10.4. The molecule has 1 saturated heterocycles. The Balaban J connectivity index is 2.21. The third-order valence-corrected chi connectivity index (χ3v) is 1.89. The Bertz CT molecular complexity index is 218. The van der Waals surface area contributed by atoms with Crippen molar-refractivity contribution in [3.8, 4) is 0 Å². The number of hydroxylamine groups is 2. The van der Waals surface area contributed by atoms with Gasteiger partial charge in [-0.25, -0.2) is 4.79 Å². The number of carbonyl (C=O) groups is 2. The molecule has 1 fully saturated rings. The molecule has 0 aromatic heterocycles. The predicted molar refractivity (Wildman–Crippen MR) is 49.8 cm³/mol. The molecule has 0 atom stereocenters. The molecule has 2 N–H and O–H groups in total. The molecule has 0 spiro atoms. The maximum atomic E-state index is 11.0. The number of hydrogen-bond acceptors (Lipinski definition) is 5. The molecule has 0 aromatic rings. The number of alkyl halides is 1. The van der Waals surface area contributed by atoms with E-state index in [-0.39, 0.29) is 5.88 Å². The molecule has 0 saturated carbocycles. The van der Waals surface area contributed by atoms with Gasteiger partial charge in [0, 0.05) is 26.2 Å². The fourth-order valence-corrected chi connectivity index (χ4v) is 1.09. The molecule has 0 radical (unpaired) electrons. The predicted octanol–water partition coefficient (Wildman–Crippen LogP) is -0.702. The normalized spacial score (nSPS) is 17.5. The van der Waals surface area contributed by atoms with E-state index in [4.69, 9.17) is 16.4 Å². The molecule has 1 aliphatic rings. The Morgan fingerprint density at radius 1 is 1.43 bits per heavy atom. The van der Waals surface area contributed by atoms with Crippen molar-refractivity contribution in [1.82, 2.24) is 15.7 Å². The van der Waals surface area contributed by atoms with Crippen molar-refractivity contribution < 1.29 is 14.4 Å². The average Bonchev–Trinajstić information content (AvgIpc) is 2.19. The average molecular weight is 222 g/mol. The summed E-state index contributed by atoms with van der Waals surface area (Å²) in [5.74, 6) is -0.816. The van der Waals surface area contributed by atoms with E-state index in [1.807, 2.05) is 5.32 Å². The summed E-state index contributed by atoms with van der Waals surface area (Å²) in [5.41, 5.74) is 0. The second kappa shape index (κ2) is 5.79. The minimum Gasteiger partial charge on any atom is -0.351 e. The van der Waals surface area contributed by atoms with Crippen LogP contribution in [0, 0.1) is 0 Å². The second-order valence-electron chi connectivity index (χ2n) is 2.74. The Morgan fingerprint density at radius 3 is 2.64 bits per heavy atom. The molecule has 0 aromatic carbocycles. The number of hydrogen-bond donors (Lipinski definition) is 2. The molecule has 0 unspecified atom stereocenters. The summed E-state index contributed by atoms with van der Waals surface area (Å²) in [5, 5.41) is 6.57. The van der Waals surface area contributed by atoms with E-state index >= 15 is 0 Å². The van der Waals surface area contributed by atoms with Gasteiger partial charge in [0.15, 0.2) is 0 Å². The number of nitrogens with zero attached hydrogens (tertiary/aromatic N) is 1. The van der Waals surface area contributed by atoms with Gasteiger partial charge in [0.05, 0.1) is 0 Å².